The molecule has 0 bridgehead atoms. The number of carboxylic acids is 1. The number of nitrogens with zero attached hydrogens (tertiary/aromatic N) is 2. The van der Waals surface area contributed by atoms with Crippen LogP contribution < -0.4 is 0 Å². The number of carboxylic acid groups (broad SMARTS) is 1. The largest absolute Gasteiger partial charge is 0.481 e. The molecule has 1 unspecified atom stereocenters. The predicted molar refractivity (Wildman–Crippen MR) is 77.4 cm³/mol. The monoisotopic (exact) mass is 270 g/mol. The second-order valence-corrected chi connectivity index (χ2v) is 5.48. The van der Waals surface area contributed by atoms with Crippen LogP contribution >= 0.6 is 0 Å². The summed E-state index contributed by atoms with van der Waals surface area (Å²) in [7, 11) is 0. The van der Waals surface area contributed by atoms with Crippen LogP contribution in [0.4, 0.5) is 0 Å². The molecule has 2 aromatic rings. The molecule has 20 heavy (non-hydrogen) atoms. The van der Waals surface area contributed by atoms with E-state index >= 15 is 0 Å². The third-order valence-corrected chi connectivity index (χ3v) is 3.87. The van der Waals surface area contributed by atoms with Crippen LogP contribution in [0.2, 0.25) is 0 Å². The van der Waals surface area contributed by atoms with Gasteiger partial charge in [0, 0.05) is 24.9 Å². The van der Waals surface area contributed by atoms with Gasteiger partial charge in [-0.3, -0.25) is 14.7 Å². The van der Waals surface area contributed by atoms with Crippen molar-refractivity contribution < 1.29 is 9.90 Å². The zero-order valence-electron chi connectivity index (χ0n) is 11.3. The van der Waals surface area contributed by atoms with E-state index in [1.54, 1.807) is 0 Å². The van der Waals surface area contributed by atoms with E-state index in [2.05, 4.69) is 28.1 Å². The summed E-state index contributed by atoms with van der Waals surface area (Å²) in [6, 6.07) is 12.3. The molecular formula is C16H18N2O2. The highest BCUT2D eigenvalue weighted by Crippen LogP contribution is 2.21. The Labute approximate surface area is 118 Å². The van der Waals surface area contributed by atoms with E-state index in [4.69, 9.17) is 5.11 Å². The Morgan fingerprint density at radius 1 is 1.30 bits per heavy atom. The lowest BCUT2D eigenvalue weighted by molar-refractivity contribution is -0.138. The van der Waals surface area contributed by atoms with Crippen molar-refractivity contribution in [1.29, 1.82) is 0 Å². The Morgan fingerprint density at radius 3 is 3.00 bits per heavy atom. The molecule has 1 fully saturated rings. The summed E-state index contributed by atoms with van der Waals surface area (Å²) in [6.45, 7) is 2.63. The molecule has 0 aliphatic carbocycles. The molecule has 2 heterocycles. The van der Waals surface area contributed by atoms with Crippen molar-refractivity contribution in [3.63, 3.8) is 0 Å². The van der Waals surface area contributed by atoms with Gasteiger partial charge in [-0.05, 0) is 31.0 Å². The number of aromatic nitrogens is 1. The summed E-state index contributed by atoms with van der Waals surface area (Å²) in [5.74, 6) is -0.409. The van der Waals surface area contributed by atoms with Crippen molar-refractivity contribution in [3.8, 4) is 0 Å². The molecule has 4 nitrogen and oxygen atoms in total. The highest BCUT2D eigenvalue weighted by atomic mass is 16.4. The van der Waals surface area contributed by atoms with E-state index in [9.17, 15) is 4.79 Å². The average molecular weight is 270 g/mol. The van der Waals surface area contributed by atoms with Crippen LogP contribution in [0.25, 0.3) is 10.9 Å². The van der Waals surface area contributed by atoms with Crippen molar-refractivity contribution in [2.45, 2.75) is 19.4 Å². The van der Waals surface area contributed by atoms with Crippen LogP contribution in [0.3, 0.4) is 0 Å². The quantitative estimate of drug-likeness (QED) is 0.927. The highest BCUT2D eigenvalue weighted by molar-refractivity contribution is 5.78. The van der Waals surface area contributed by atoms with Gasteiger partial charge in [-0.25, -0.2) is 0 Å². The highest BCUT2D eigenvalue weighted by Gasteiger charge is 2.24. The standard InChI is InChI=1S/C16H18N2O2/c19-16(20)9-12-7-8-18(10-12)11-14-6-5-13-3-1-2-4-15(13)17-14/h1-6,12H,7-11H2,(H,19,20). The molecular weight excluding hydrogens is 252 g/mol. The lowest BCUT2D eigenvalue weighted by Crippen LogP contribution is -2.21. The van der Waals surface area contributed by atoms with E-state index in [0.29, 0.717) is 0 Å². The first-order chi connectivity index (χ1) is 9.70. The molecule has 4 heteroatoms. The fourth-order valence-electron chi connectivity index (χ4n) is 2.90. The number of likely N-dealkylation sites (tertiary alicyclic amines) is 1. The van der Waals surface area contributed by atoms with Crippen LogP contribution in [0.1, 0.15) is 18.5 Å². The van der Waals surface area contributed by atoms with Crippen LogP contribution in [-0.4, -0.2) is 34.0 Å². The van der Waals surface area contributed by atoms with Gasteiger partial charge in [0.15, 0.2) is 0 Å². The van der Waals surface area contributed by atoms with Gasteiger partial charge < -0.3 is 5.11 Å². The predicted octanol–water partition coefficient (Wildman–Crippen LogP) is 2.53. The minimum absolute atomic E-state index is 0.279. The molecule has 1 aromatic carbocycles. The molecule has 0 radical (unpaired) electrons. The van der Waals surface area contributed by atoms with Crippen molar-refractivity contribution >= 4 is 16.9 Å². The Morgan fingerprint density at radius 2 is 2.15 bits per heavy atom. The van der Waals surface area contributed by atoms with E-state index in [-0.39, 0.29) is 12.3 Å². The van der Waals surface area contributed by atoms with Gasteiger partial charge in [-0.1, -0.05) is 24.3 Å². The smallest absolute Gasteiger partial charge is 0.303 e. The molecule has 1 atom stereocenters. The number of hydrogen-bond donors (Lipinski definition) is 1. The molecule has 0 saturated carbocycles. The van der Waals surface area contributed by atoms with Gasteiger partial charge in [0.25, 0.3) is 0 Å². The molecule has 104 valence electrons. The molecule has 1 saturated heterocycles. The normalized spacial score (nSPS) is 19.5. The number of aliphatic carboxylic acids is 1. The number of pyridine rings is 1. The molecule has 1 aliphatic heterocycles. The molecule has 0 amide bonds. The third kappa shape index (κ3) is 2.96. The van der Waals surface area contributed by atoms with Gasteiger partial charge in [0.1, 0.15) is 0 Å². The molecule has 1 aliphatic rings. The zero-order valence-corrected chi connectivity index (χ0v) is 11.3. The minimum atomic E-state index is -0.694. The van der Waals surface area contributed by atoms with Gasteiger partial charge in [0.2, 0.25) is 0 Å². The topological polar surface area (TPSA) is 53.4 Å². The first-order valence-electron chi connectivity index (χ1n) is 6.99. The Kier molecular flexibility index (Phi) is 3.65. The molecule has 3 rings (SSSR count). The lowest BCUT2D eigenvalue weighted by atomic mass is 10.1. The molecule has 0 spiro atoms. The summed E-state index contributed by atoms with van der Waals surface area (Å²) in [6.07, 6.45) is 1.25. The van der Waals surface area contributed by atoms with E-state index < -0.39 is 5.97 Å². The first kappa shape index (κ1) is 13.1. The van der Waals surface area contributed by atoms with Crippen LogP contribution in [0.15, 0.2) is 36.4 Å². The Balaban J connectivity index is 1.66. The average Bonchev–Trinajstić information content (AvgIpc) is 2.85. The van der Waals surface area contributed by atoms with Crippen LogP contribution in [-0.2, 0) is 11.3 Å². The minimum Gasteiger partial charge on any atom is -0.481 e. The number of rotatable bonds is 4. The van der Waals surface area contributed by atoms with Gasteiger partial charge >= 0.3 is 5.97 Å². The number of carbonyl (C=O) groups is 1. The maximum absolute atomic E-state index is 10.7. The van der Waals surface area contributed by atoms with Crippen molar-refractivity contribution in [1.82, 2.24) is 9.88 Å². The van der Waals surface area contributed by atoms with Crippen molar-refractivity contribution in [3.05, 3.63) is 42.1 Å². The fourth-order valence-corrected chi connectivity index (χ4v) is 2.90. The number of para-hydroxylation sites is 1. The van der Waals surface area contributed by atoms with Crippen LogP contribution in [0.5, 0.6) is 0 Å². The maximum atomic E-state index is 10.7. The summed E-state index contributed by atoms with van der Waals surface area (Å²) in [4.78, 5) is 17.7. The van der Waals surface area contributed by atoms with Crippen molar-refractivity contribution in [2.75, 3.05) is 13.1 Å². The number of fused-ring (bicyclic) bond motifs is 1. The Hall–Kier alpha value is -1.94. The maximum Gasteiger partial charge on any atom is 0.303 e. The number of hydrogen-bond acceptors (Lipinski definition) is 3. The lowest BCUT2D eigenvalue weighted by Gasteiger charge is -2.15. The van der Waals surface area contributed by atoms with Gasteiger partial charge in [-0.15, -0.1) is 0 Å². The first-order valence-corrected chi connectivity index (χ1v) is 6.99. The summed E-state index contributed by atoms with van der Waals surface area (Å²) >= 11 is 0. The van der Waals surface area contributed by atoms with Gasteiger partial charge in [0.05, 0.1) is 11.2 Å². The molecule has 1 aromatic heterocycles. The second kappa shape index (κ2) is 5.59. The number of benzene rings is 1. The van der Waals surface area contributed by atoms with Gasteiger partial charge in [-0.2, -0.15) is 0 Å². The zero-order chi connectivity index (χ0) is 13.9. The fraction of sp³-hybridized carbons (Fsp3) is 0.375. The molecule has 1 N–H and O–H groups in total. The van der Waals surface area contributed by atoms with Crippen molar-refractivity contribution in [2.24, 2.45) is 5.92 Å². The summed E-state index contributed by atoms with van der Waals surface area (Å²) in [5.41, 5.74) is 2.07. The third-order valence-electron chi connectivity index (χ3n) is 3.87. The van der Waals surface area contributed by atoms with E-state index in [1.165, 1.54) is 0 Å². The second-order valence-electron chi connectivity index (χ2n) is 5.48. The van der Waals surface area contributed by atoms with Crippen LogP contribution in [0, 0.1) is 5.92 Å². The SMILES string of the molecule is O=C(O)CC1CCN(Cc2ccc3ccccc3n2)C1. The van der Waals surface area contributed by atoms with E-state index in [1.807, 2.05) is 18.2 Å². The summed E-state index contributed by atoms with van der Waals surface area (Å²) in [5, 5.41) is 9.99. The Bertz CT molecular complexity index is 627. The van der Waals surface area contributed by atoms with E-state index in [0.717, 1.165) is 42.7 Å². The summed E-state index contributed by atoms with van der Waals surface area (Å²) < 4.78 is 0.